The van der Waals surface area contributed by atoms with Gasteiger partial charge in [-0.3, -0.25) is 9.36 Å². The molecule has 0 unspecified atom stereocenters. The zero-order chi connectivity index (χ0) is 18.6. The highest BCUT2D eigenvalue weighted by molar-refractivity contribution is 7.99. The molecule has 1 aromatic carbocycles. The summed E-state index contributed by atoms with van der Waals surface area (Å²) in [6, 6.07) is 12.1. The van der Waals surface area contributed by atoms with E-state index < -0.39 is 5.54 Å². The molecule has 1 amide bonds. The number of nitrogens with one attached hydrogen (secondary N) is 2. The second-order valence-corrected chi connectivity index (χ2v) is 7.57. The third-order valence-corrected chi connectivity index (χ3v) is 5.52. The Morgan fingerprint density at radius 1 is 1.46 bits per heavy atom. The molecule has 7 nitrogen and oxygen atoms in total. The van der Waals surface area contributed by atoms with Crippen LogP contribution in [-0.2, 0) is 17.8 Å². The first-order valence-corrected chi connectivity index (χ1v) is 9.54. The van der Waals surface area contributed by atoms with Crippen LogP contribution in [0, 0.1) is 17.2 Å². The molecular formula is C18H21N5O2S. The van der Waals surface area contributed by atoms with E-state index >= 15 is 0 Å². The van der Waals surface area contributed by atoms with Crippen LogP contribution in [0.25, 0.3) is 0 Å². The van der Waals surface area contributed by atoms with Gasteiger partial charge in [0, 0.05) is 6.54 Å². The first-order chi connectivity index (χ1) is 12.5. The van der Waals surface area contributed by atoms with Crippen molar-refractivity contribution in [3.8, 4) is 6.07 Å². The van der Waals surface area contributed by atoms with Gasteiger partial charge < -0.3 is 5.32 Å². The van der Waals surface area contributed by atoms with Gasteiger partial charge in [0.2, 0.25) is 5.91 Å². The fraction of sp³-hybridized carbons (Fsp3) is 0.444. The summed E-state index contributed by atoms with van der Waals surface area (Å²) in [5.41, 5.74) is 0.0307. The molecule has 1 saturated carbocycles. The third kappa shape index (κ3) is 4.35. The number of hydrogen-bond donors (Lipinski definition) is 2. The fourth-order valence-electron chi connectivity index (χ4n) is 2.83. The smallest absolute Gasteiger partial charge is 0.337 e. The minimum absolute atomic E-state index is 0.111. The van der Waals surface area contributed by atoms with Crippen molar-refractivity contribution in [2.75, 3.05) is 5.75 Å². The van der Waals surface area contributed by atoms with Crippen molar-refractivity contribution < 1.29 is 4.79 Å². The second-order valence-electron chi connectivity index (χ2n) is 6.62. The Morgan fingerprint density at radius 3 is 2.85 bits per heavy atom. The maximum atomic E-state index is 12.2. The molecule has 26 heavy (non-hydrogen) atoms. The first-order valence-electron chi connectivity index (χ1n) is 8.56. The lowest BCUT2D eigenvalue weighted by molar-refractivity contribution is -0.119. The van der Waals surface area contributed by atoms with E-state index in [0.717, 1.165) is 18.4 Å². The van der Waals surface area contributed by atoms with Crippen LogP contribution in [0.4, 0.5) is 0 Å². The molecule has 2 aromatic rings. The number of amides is 1. The molecule has 1 aromatic heterocycles. The van der Waals surface area contributed by atoms with E-state index in [1.165, 1.54) is 16.3 Å². The average molecular weight is 371 g/mol. The van der Waals surface area contributed by atoms with Gasteiger partial charge in [-0.2, -0.15) is 5.26 Å². The van der Waals surface area contributed by atoms with E-state index in [1.54, 1.807) is 6.92 Å². The molecule has 1 atom stereocenters. The van der Waals surface area contributed by atoms with Gasteiger partial charge in [0.25, 0.3) is 0 Å². The Balaban J connectivity index is 1.57. The topological polar surface area (TPSA) is 104 Å². The van der Waals surface area contributed by atoms with Crippen LogP contribution >= 0.6 is 11.8 Å². The van der Waals surface area contributed by atoms with E-state index in [4.69, 9.17) is 0 Å². The van der Waals surface area contributed by atoms with Gasteiger partial charge in [-0.15, -0.1) is 5.10 Å². The molecule has 136 valence electrons. The number of carbonyl (C=O) groups is 1. The zero-order valence-corrected chi connectivity index (χ0v) is 15.4. The Hall–Kier alpha value is -2.53. The molecule has 1 fully saturated rings. The van der Waals surface area contributed by atoms with Crippen molar-refractivity contribution in [1.82, 2.24) is 20.1 Å². The molecule has 8 heteroatoms. The van der Waals surface area contributed by atoms with E-state index in [9.17, 15) is 14.9 Å². The molecule has 2 N–H and O–H groups in total. The monoisotopic (exact) mass is 371 g/mol. The number of rotatable bonds is 8. The van der Waals surface area contributed by atoms with Crippen LogP contribution in [0.2, 0.25) is 0 Å². The number of carbonyl (C=O) groups excluding carboxylic acids is 1. The molecule has 0 spiro atoms. The highest BCUT2D eigenvalue weighted by Crippen LogP contribution is 2.39. The van der Waals surface area contributed by atoms with Crippen LogP contribution in [0.5, 0.6) is 0 Å². The van der Waals surface area contributed by atoms with Crippen molar-refractivity contribution in [1.29, 1.82) is 5.26 Å². The highest BCUT2D eigenvalue weighted by Gasteiger charge is 2.42. The number of nitriles is 1. The number of H-pyrrole nitrogens is 1. The predicted octanol–water partition coefficient (Wildman–Crippen LogP) is 1.71. The lowest BCUT2D eigenvalue weighted by atomic mass is 9.98. The number of nitrogens with zero attached hydrogens (tertiary/aromatic N) is 3. The van der Waals surface area contributed by atoms with Gasteiger partial charge in [-0.05, 0) is 37.7 Å². The first kappa shape index (κ1) is 18.3. The zero-order valence-electron chi connectivity index (χ0n) is 14.6. The molecule has 3 rings (SSSR count). The molecule has 1 aliphatic rings. The lowest BCUT2D eigenvalue weighted by Gasteiger charge is -2.22. The lowest BCUT2D eigenvalue weighted by Crippen LogP contribution is -2.47. The van der Waals surface area contributed by atoms with Gasteiger partial charge in [0.1, 0.15) is 5.54 Å². The van der Waals surface area contributed by atoms with Gasteiger partial charge in [0.15, 0.2) is 5.16 Å². The summed E-state index contributed by atoms with van der Waals surface area (Å²) < 4.78 is 1.54. The minimum atomic E-state index is -0.809. The number of aromatic nitrogens is 3. The molecule has 1 aliphatic carbocycles. The summed E-state index contributed by atoms with van der Waals surface area (Å²) in [6.07, 6.45) is 2.64. The largest absolute Gasteiger partial charge is 0.343 e. The summed E-state index contributed by atoms with van der Waals surface area (Å²) in [6.45, 7) is 2.25. The third-order valence-electron chi connectivity index (χ3n) is 4.55. The second kappa shape index (κ2) is 7.79. The summed E-state index contributed by atoms with van der Waals surface area (Å²) in [5, 5.41) is 19.1. The van der Waals surface area contributed by atoms with Crippen molar-refractivity contribution in [3.05, 3.63) is 46.4 Å². The van der Waals surface area contributed by atoms with Gasteiger partial charge in [0.05, 0.1) is 11.8 Å². The standard InChI is InChI=1S/C18H21N5O2S/c1-18(12-19,14-7-8-14)20-15(24)11-26-17-22-21-16(25)23(17)10-9-13-5-3-2-4-6-13/h2-6,14H,7-11H2,1H3,(H,20,24)(H,21,25)/t18-/m0/s1. The fourth-order valence-corrected chi connectivity index (χ4v) is 3.61. The van der Waals surface area contributed by atoms with Crippen molar-refractivity contribution in [3.63, 3.8) is 0 Å². The molecule has 0 radical (unpaired) electrons. The number of aromatic amines is 1. The normalized spacial score (nSPS) is 15.8. The van der Waals surface area contributed by atoms with Crippen LogP contribution in [0.3, 0.4) is 0 Å². The van der Waals surface area contributed by atoms with Crippen LogP contribution < -0.4 is 11.0 Å². The Labute approximate surface area is 155 Å². The Bertz CT molecular complexity index is 866. The molecular weight excluding hydrogens is 350 g/mol. The quantitative estimate of drug-likeness (QED) is 0.688. The van der Waals surface area contributed by atoms with Crippen molar-refractivity contribution >= 4 is 17.7 Å². The molecule has 0 saturated heterocycles. The van der Waals surface area contributed by atoms with Gasteiger partial charge in [-0.25, -0.2) is 9.89 Å². The van der Waals surface area contributed by atoms with Crippen LogP contribution in [0.1, 0.15) is 25.3 Å². The highest BCUT2D eigenvalue weighted by atomic mass is 32.2. The number of thioether (sulfide) groups is 1. The van der Waals surface area contributed by atoms with E-state index in [-0.39, 0.29) is 23.3 Å². The Morgan fingerprint density at radius 2 is 2.19 bits per heavy atom. The van der Waals surface area contributed by atoms with E-state index in [2.05, 4.69) is 21.6 Å². The van der Waals surface area contributed by atoms with Crippen molar-refractivity contribution in [2.45, 2.75) is 43.4 Å². The maximum absolute atomic E-state index is 12.2. The van der Waals surface area contributed by atoms with Crippen LogP contribution in [0.15, 0.2) is 40.3 Å². The summed E-state index contributed by atoms with van der Waals surface area (Å²) in [5.74, 6) is 0.117. The van der Waals surface area contributed by atoms with Gasteiger partial charge in [-0.1, -0.05) is 42.1 Å². The number of hydrogen-bond acceptors (Lipinski definition) is 5. The van der Waals surface area contributed by atoms with Gasteiger partial charge >= 0.3 is 5.69 Å². The Kier molecular flexibility index (Phi) is 5.47. The van der Waals surface area contributed by atoms with E-state index in [0.29, 0.717) is 18.1 Å². The SMILES string of the molecule is C[C@@](C#N)(NC(=O)CSc1n[nH]c(=O)n1CCc1ccccc1)C1CC1. The maximum Gasteiger partial charge on any atom is 0.343 e. The number of aryl methyl sites for hydroxylation is 1. The van der Waals surface area contributed by atoms with E-state index in [1.807, 2.05) is 30.3 Å². The predicted molar refractivity (Wildman–Crippen MR) is 98.6 cm³/mol. The summed E-state index contributed by atoms with van der Waals surface area (Å²) in [7, 11) is 0. The molecule has 1 heterocycles. The summed E-state index contributed by atoms with van der Waals surface area (Å²) in [4.78, 5) is 24.2. The average Bonchev–Trinajstić information content (AvgIpc) is 3.44. The molecule has 0 bridgehead atoms. The molecule has 0 aliphatic heterocycles. The number of benzene rings is 1. The summed E-state index contributed by atoms with van der Waals surface area (Å²) >= 11 is 1.19. The van der Waals surface area contributed by atoms with Crippen LogP contribution in [-0.4, -0.2) is 32.0 Å². The minimum Gasteiger partial charge on any atom is -0.337 e. The van der Waals surface area contributed by atoms with Crippen molar-refractivity contribution in [2.24, 2.45) is 5.92 Å².